The normalized spacial score (nSPS) is 18.8. The highest BCUT2D eigenvalue weighted by Crippen LogP contribution is 2.44. The molecule has 2 N–H and O–H groups in total. The molecule has 1 atom stereocenters. The van der Waals surface area contributed by atoms with Gasteiger partial charge in [-0.25, -0.2) is 8.78 Å². The molecule has 174 valence electrons. The fraction of sp³-hybridized carbons (Fsp3) is 0.440. The Morgan fingerprint density at radius 1 is 1.33 bits per heavy atom. The van der Waals surface area contributed by atoms with Crippen LogP contribution in [-0.2, 0) is 17.1 Å². The van der Waals surface area contributed by atoms with Crippen LogP contribution in [0.1, 0.15) is 70.8 Å². The van der Waals surface area contributed by atoms with E-state index in [2.05, 4.69) is 15.5 Å². The number of hydrogen-bond acceptors (Lipinski definition) is 4. The number of H-pyrrole nitrogens is 1. The van der Waals surface area contributed by atoms with Gasteiger partial charge in [0.15, 0.2) is 0 Å². The average molecular weight is 456 g/mol. The molecule has 1 aliphatic carbocycles. The van der Waals surface area contributed by atoms with Gasteiger partial charge in [0.1, 0.15) is 5.75 Å². The number of aromatic nitrogens is 2. The summed E-state index contributed by atoms with van der Waals surface area (Å²) in [6.07, 6.45) is 3.48. The fourth-order valence-corrected chi connectivity index (χ4v) is 5.23. The van der Waals surface area contributed by atoms with Crippen molar-refractivity contribution in [2.24, 2.45) is 0 Å². The summed E-state index contributed by atoms with van der Waals surface area (Å²) in [5.74, 6) is -2.16. The first kappa shape index (κ1) is 21.8. The van der Waals surface area contributed by atoms with Crippen LogP contribution in [0, 0.1) is 0 Å². The van der Waals surface area contributed by atoms with E-state index in [1.54, 1.807) is 19.4 Å². The maximum absolute atomic E-state index is 14.2. The third kappa shape index (κ3) is 3.76. The number of fused-ring (bicyclic) bond motifs is 2. The number of amides is 1. The molecule has 1 amide bonds. The lowest BCUT2D eigenvalue weighted by atomic mass is 9.88. The van der Waals surface area contributed by atoms with Crippen LogP contribution in [0.4, 0.5) is 8.78 Å². The van der Waals surface area contributed by atoms with Crippen LogP contribution in [0.2, 0.25) is 0 Å². The van der Waals surface area contributed by atoms with Gasteiger partial charge < -0.3 is 14.8 Å². The van der Waals surface area contributed by atoms with Crippen molar-refractivity contribution in [1.29, 1.82) is 0 Å². The number of hydrogen-bond donors (Lipinski definition) is 2. The lowest BCUT2D eigenvalue weighted by Gasteiger charge is -2.25. The molecule has 1 aliphatic heterocycles. The van der Waals surface area contributed by atoms with E-state index < -0.39 is 12.0 Å². The van der Waals surface area contributed by atoms with E-state index in [-0.39, 0.29) is 23.8 Å². The fourth-order valence-electron chi connectivity index (χ4n) is 5.23. The van der Waals surface area contributed by atoms with Gasteiger partial charge in [0, 0.05) is 25.2 Å². The highest BCUT2D eigenvalue weighted by atomic mass is 19.3. The van der Waals surface area contributed by atoms with Crippen molar-refractivity contribution in [3.05, 3.63) is 58.3 Å². The van der Waals surface area contributed by atoms with Gasteiger partial charge in [-0.1, -0.05) is 18.2 Å². The minimum Gasteiger partial charge on any atom is -0.496 e. The van der Waals surface area contributed by atoms with Gasteiger partial charge in [-0.3, -0.25) is 9.89 Å². The largest absolute Gasteiger partial charge is 0.496 e. The van der Waals surface area contributed by atoms with E-state index in [0.717, 1.165) is 35.1 Å². The zero-order valence-electron chi connectivity index (χ0n) is 18.7. The number of aromatic amines is 1. The second-order valence-electron chi connectivity index (χ2n) is 8.86. The van der Waals surface area contributed by atoms with Gasteiger partial charge in [-0.2, -0.15) is 5.10 Å². The minimum absolute atomic E-state index is 0.0725. The molecule has 0 saturated carbocycles. The van der Waals surface area contributed by atoms with Crippen molar-refractivity contribution < 1.29 is 23.0 Å². The molecular weight excluding hydrogens is 428 g/mol. The standard InChI is InChI=1S/C25H27F2N3O3/c1-14(16-4-3-5-21-17(16)6-9-25(21,26)27)29-24(31)19-12-18(15-7-10-33-11-8-15)23(32-2)20-13-28-30-22(19)20/h3-5,12-15H,6-11H2,1-2H3,(H,28,30)(H,29,31)/t14-/m1/s1. The van der Waals surface area contributed by atoms with Crippen molar-refractivity contribution in [3.63, 3.8) is 0 Å². The molecule has 2 aromatic carbocycles. The van der Waals surface area contributed by atoms with Gasteiger partial charge in [0.25, 0.3) is 11.8 Å². The summed E-state index contributed by atoms with van der Waals surface area (Å²) in [7, 11) is 1.62. The van der Waals surface area contributed by atoms with Gasteiger partial charge in [-0.15, -0.1) is 0 Å². The Balaban J connectivity index is 1.49. The van der Waals surface area contributed by atoms with Crippen LogP contribution in [0.5, 0.6) is 5.75 Å². The average Bonchev–Trinajstić information content (AvgIpc) is 3.43. The van der Waals surface area contributed by atoms with E-state index in [1.807, 2.05) is 19.1 Å². The Morgan fingerprint density at radius 3 is 2.88 bits per heavy atom. The molecule has 0 unspecified atom stereocenters. The molecule has 1 saturated heterocycles. The Labute approximate surface area is 190 Å². The molecule has 3 aromatic rings. The Bertz CT molecular complexity index is 1200. The summed E-state index contributed by atoms with van der Waals surface area (Å²) in [6, 6.07) is 6.39. The quantitative estimate of drug-likeness (QED) is 0.568. The molecule has 2 aliphatic rings. The molecule has 2 heterocycles. The number of halogens is 2. The van der Waals surface area contributed by atoms with E-state index in [9.17, 15) is 13.6 Å². The highest BCUT2D eigenvalue weighted by molar-refractivity contribution is 6.07. The maximum atomic E-state index is 14.2. The van der Waals surface area contributed by atoms with Crippen molar-refractivity contribution in [3.8, 4) is 5.75 Å². The van der Waals surface area contributed by atoms with E-state index in [4.69, 9.17) is 9.47 Å². The van der Waals surface area contributed by atoms with E-state index >= 15 is 0 Å². The SMILES string of the molecule is COc1c(C2CCOCC2)cc(C(=O)N[C@H](C)c2cccc3c2CCC3(F)F)c2[nH]ncc12. The van der Waals surface area contributed by atoms with Gasteiger partial charge >= 0.3 is 0 Å². The molecule has 0 bridgehead atoms. The smallest absolute Gasteiger partial charge is 0.273 e. The van der Waals surface area contributed by atoms with Crippen molar-refractivity contribution in [2.45, 2.75) is 50.5 Å². The lowest BCUT2D eigenvalue weighted by Crippen LogP contribution is -2.28. The highest BCUT2D eigenvalue weighted by Gasteiger charge is 2.40. The zero-order valence-corrected chi connectivity index (χ0v) is 18.7. The number of carbonyl (C=O) groups is 1. The molecule has 5 rings (SSSR count). The van der Waals surface area contributed by atoms with Gasteiger partial charge in [-0.05, 0) is 54.9 Å². The second-order valence-corrected chi connectivity index (χ2v) is 8.86. The molecule has 8 heteroatoms. The van der Waals surface area contributed by atoms with Crippen LogP contribution in [0.15, 0.2) is 30.5 Å². The molecule has 1 aromatic heterocycles. The number of methoxy groups -OCH3 is 1. The third-order valence-corrected chi connectivity index (χ3v) is 6.93. The number of rotatable bonds is 5. The van der Waals surface area contributed by atoms with Crippen LogP contribution >= 0.6 is 0 Å². The summed E-state index contributed by atoms with van der Waals surface area (Å²) in [5, 5.41) is 10.8. The summed E-state index contributed by atoms with van der Waals surface area (Å²) in [4.78, 5) is 13.4. The third-order valence-electron chi connectivity index (χ3n) is 6.93. The first-order valence-electron chi connectivity index (χ1n) is 11.3. The Kier molecular flexibility index (Phi) is 5.56. The summed E-state index contributed by atoms with van der Waals surface area (Å²) in [5.41, 5.74) is 3.47. The first-order chi connectivity index (χ1) is 15.9. The maximum Gasteiger partial charge on any atom is 0.273 e. The molecule has 33 heavy (non-hydrogen) atoms. The number of nitrogens with zero attached hydrogens (tertiary/aromatic N) is 1. The predicted molar refractivity (Wildman–Crippen MR) is 120 cm³/mol. The van der Waals surface area contributed by atoms with Crippen molar-refractivity contribution >= 4 is 16.8 Å². The van der Waals surface area contributed by atoms with E-state index in [0.29, 0.717) is 36.3 Å². The Morgan fingerprint density at radius 2 is 2.12 bits per heavy atom. The van der Waals surface area contributed by atoms with Gasteiger partial charge in [0.2, 0.25) is 0 Å². The molecule has 0 spiro atoms. The van der Waals surface area contributed by atoms with Crippen molar-refractivity contribution in [2.75, 3.05) is 20.3 Å². The predicted octanol–water partition coefficient (Wildman–Crippen LogP) is 4.99. The van der Waals surface area contributed by atoms with E-state index in [1.165, 1.54) is 6.07 Å². The molecule has 0 radical (unpaired) electrons. The van der Waals surface area contributed by atoms with Crippen molar-refractivity contribution in [1.82, 2.24) is 15.5 Å². The molecular formula is C25H27F2N3O3. The first-order valence-corrected chi connectivity index (χ1v) is 11.3. The monoisotopic (exact) mass is 455 g/mol. The van der Waals surface area contributed by atoms with Crippen LogP contribution in [0.3, 0.4) is 0 Å². The van der Waals surface area contributed by atoms with Crippen LogP contribution < -0.4 is 10.1 Å². The van der Waals surface area contributed by atoms with Crippen LogP contribution in [-0.4, -0.2) is 36.4 Å². The number of alkyl halides is 2. The summed E-state index contributed by atoms with van der Waals surface area (Å²) < 4.78 is 39.7. The lowest BCUT2D eigenvalue weighted by molar-refractivity contribution is -0.00185. The Hall–Kier alpha value is -3.00. The zero-order chi connectivity index (χ0) is 23.2. The number of benzene rings is 2. The number of ether oxygens (including phenoxy) is 2. The summed E-state index contributed by atoms with van der Waals surface area (Å²) >= 11 is 0. The number of carbonyl (C=O) groups excluding carboxylic acids is 1. The summed E-state index contributed by atoms with van der Waals surface area (Å²) in [6.45, 7) is 3.16. The minimum atomic E-state index is -2.81. The van der Waals surface area contributed by atoms with Gasteiger partial charge in [0.05, 0.1) is 35.8 Å². The molecule has 1 fully saturated rings. The second kappa shape index (κ2) is 8.41. The van der Waals surface area contributed by atoms with Crippen LogP contribution in [0.25, 0.3) is 10.9 Å². The topological polar surface area (TPSA) is 76.2 Å². The number of nitrogens with one attached hydrogen (secondary N) is 2. The molecule has 6 nitrogen and oxygen atoms in total.